The molecule has 0 saturated carbocycles. The lowest BCUT2D eigenvalue weighted by Gasteiger charge is -2.22. The van der Waals surface area contributed by atoms with Crippen molar-refractivity contribution in [3.8, 4) is 0 Å². The maximum Gasteiger partial charge on any atom is 0.251 e. The average Bonchev–Trinajstić information content (AvgIpc) is 2.45. The summed E-state index contributed by atoms with van der Waals surface area (Å²) in [4.78, 5) is 16.4. The Labute approximate surface area is 120 Å². The van der Waals surface area contributed by atoms with Gasteiger partial charge in [0.05, 0.1) is 0 Å². The van der Waals surface area contributed by atoms with Crippen LogP contribution in [0.5, 0.6) is 0 Å². The van der Waals surface area contributed by atoms with Crippen molar-refractivity contribution in [2.75, 3.05) is 0 Å². The summed E-state index contributed by atoms with van der Waals surface area (Å²) in [5.74, 6) is -0.0422. The summed E-state index contributed by atoms with van der Waals surface area (Å²) in [6.07, 6.45) is 3.48. The van der Waals surface area contributed by atoms with Crippen LogP contribution in [0.4, 0.5) is 0 Å². The number of hydrogen-bond acceptors (Lipinski definition) is 2. The molecule has 0 spiro atoms. The molecule has 3 heteroatoms. The maximum absolute atomic E-state index is 12.4. The maximum atomic E-state index is 12.4. The average molecular weight is 268 g/mol. The summed E-state index contributed by atoms with van der Waals surface area (Å²) in [5, 5.41) is 2.95. The van der Waals surface area contributed by atoms with E-state index in [1.54, 1.807) is 12.4 Å². The highest BCUT2D eigenvalue weighted by Crippen LogP contribution is 2.25. The molecular formula is C17H20N2O. The fraction of sp³-hybridized carbons (Fsp3) is 0.294. The molecule has 1 aromatic carbocycles. The van der Waals surface area contributed by atoms with E-state index in [4.69, 9.17) is 0 Å². The lowest BCUT2D eigenvalue weighted by atomic mass is 9.83. The van der Waals surface area contributed by atoms with Crippen LogP contribution in [0.3, 0.4) is 0 Å². The van der Waals surface area contributed by atoms with Crippen LogP contribution in [0.15, 0.2) is 48.8 Å². The third-order valence-corrected chi connectivity index (χ3v) is 3.16. The molecule has 3 nitrogen and oxygen atoms in total. The molecule has 0 atom stereocenters. The Hall–Kier alpha value is -2.16. The van der Waals surface area contributed by atoms with Crippen LogP contribution in [0, 0.1) is 0 Å². The Bertz CT molecular complexity index is 585. The van der Waals surface area contributed by atoms with E-state index >= 15 is 0 Å². The number of nitrogens with zero attached hydrogens (tertiary/aromatic N) is 1. The van der Waals surface area contributed by atoms with Crippen molar-refractivity contribution < 1.29 is 4.79 Å². The van der Waals surface area contributed by atoms with Crippen molar-refractivity contribution in [2.45, 2.75) is 32.7 Å². The molecule has 2 aromatic rings. The third kappa shape index (κ3) is 3.44. The topological polar surface area (TPSA) is 42.0 Å². The molecule has 1 amide bonds. The number of amides is 1. The number of nitrogens with one attached hydrogen (secondary N) is 1. The smallest absolute Gasteiger partial charge is 0.251 e. The number of carbonyl (C=O) groups is 1. The first-order valence-corrected chi connectivity index (χ1v) is 6.75. The molecule has 1 aromatic heterocycles. The van der Waals surface area contributed by atoms with E-state index in [1.165, 1.54) is 0 Å². The molecule has 0 aliphatic heterocycles. The molecule has 0 aliphatic rings. The first-order valence-electron chi connectivity index (χ1n) is 6.75. The molecule has 0 bridgehead atoms. The molecule has 0 unspecified atom stereocenters. The zero-order chi connectivity index (χ0) is 14.6. The second kappa shape index (κ2) is 5.87. The van der Waals surface area contributed by atoms with Gasteiger partial charge in [-0.05, 0) is 28.7 Å². The Balaban J connectivity index is 2.14. The predicted molar refractivity (Wildman–Crippen MR) is 80.5 cm³/mol. The van der Waals surface area contributed by atoms with Gasteiger partial charge in [-0.1, -0.05) is 45.0 Å². The van der Waals surface area contributed by atoms with Gasteiger partial charge < -0.3 is 5.32 Å². The molecule has 20 heavy (non-hydrogen) atoms. The highest BCUT2D eigenvalue weighted by atomic mass is 16.1. The van der Waals surface area contributed by atoms with E-state index < -0.39 is 0 Å². The number of benzene rings is 1. The molecule has 0 radical (unpaired) electrons. The van der Waals surface area contributed by atoms with Crippen LogP contribution >= 0.6 is 0 Å². The molecule has 0 saturated heterocycles. The molecule has 0 fully saturated rings. The number of pyridine rings is 1. The van der Waals surface area contributed by atoms with Gasteiger partial charge in [0.2, 0.25) is 0 Å². The Morgan fingerprint density at radius 2 is 1.90 bits per heavy atom. The van der Waals surface area contributed by atoms with Crippen molar-refractivity contribution in [2.24, 2.45) is 0 Å². The molecule has 2 rings (SSSR count). The summed E-state index contributed by atoms with van der Waals surface area (Å²) in [7, 11) is 0. The second-order valence-electron chi connectivity index (χ2n) is 5.84. The first kappa shape index (κ1) is 14.3. The van der Waals surface area contributed by atoms with Crippen LogP contribution in [0.2, 0.25) is 0 Å². The van der Waals surface area contributed by atoms with Gasteiger partial charge in [-0.15, -0.1) is 0 Å². The van der Waals surface area contributed by atoms with Crippen molar-refractivity contribution in [1.29, 1.82) is 0 Å². The summed E-state index contributed by atoms with van der Waals surface area (Å²) in [6, 6.07) is 11.6. The Kier molecular flexibility index (Phi) is 4.18. The first-order chi connectivity index (χ1) is 9.48. The van der Waals surface area contributed by atoms with Crippen LogP contribution in [-0.4, -0.2) is 10.9 Å². The van der Waals surface area contributed by atoms with Crippen LogP contribution in [-0.2, 0) is 12.0 Å². The van der Waals surface area contributed by atoms with E-state index in [1.807, 2.05) is 36.4 Å². The highest BCUT2D eigenvalue weighted by molar-refractivity contribution is 5.96. The number of rotatable bonds is 3. The van der Waals surface area contributed by atoms with Gasteiger partial charge >= 0.3 is 0 Å². The number of aromatic nitrogens is 1. The van der Waals surface area contributed by atoms with Gasteiger partial charge in [-0.2, -0.15) is 0 Å². The molecule has 1 heterocycles. The zero-order valence-corrected chi connectivity index (χ0v) is 12.2. The van der Waals surface area contributed by atoms with Crippen molar-refractivity contribution in [3.63, 3.8) is 0 Å². The lowest BCUT2D eigenvalue weighted by molar-refractivity contribution is 0.0948. The van der Waals surface area contributed by atoms with Gasteiger partial charge in [-0.3, -0.25) is 9.78 Å². The fourth-order valence-corrected chi connectivity index (χ4v) is 2.12. The van der Waals surface area contributed by atoms with E-state index in [-0.39, 0.29) is 11.3 Å². The SMILES string of the molecule is CC(C)(C)c1ccccc1C(=O)NCc1cccnc1. The van der Waals surface area contributed by atoms with Gasteiger partial charge in [0, 0.05) is 24.5 Å². The molecule has 1 N–H and O–H groups in total. The minimum atomic E-state index is -0.0533. The lowest BCUT2D eigenvalue weighted by Crippen LogP contribution is -2.26. The molecular weight excluding hydrogens is 248 g/mol. The Morgan fingerprint density at radius 1 is 1.15 bits per heavy atom. The van der Waals surface area contributed by atoms with Gasteiger partial charge in [0.1, 0.15) is 0 Å². The second-order valence-corrected chi connectivity index (χ2v) is 5.84. The standard InChI is InChI=1S/C17H20N2O/c1-17(2,3)15-9-5-4-8-14(15)16(20)19-12-13-7-6-10-18-11-13/h4-11H,12H2,1-3H3,(H,19,20). The minimum Gasteiger partial charge on any atom is -0.348 e. The molecule has 0 aliphatic carbocycles. The van der Waals surface area contributed by atoms with Gasteiger partial charge in [-0.25, -0.2) is 0 Å². The largest absolute Gasteiger partial charge is 0.348 e. The van der Waals surface area contributed by atoms with Crippen LogP contribution < -0.4 is 5.32 Å². The number of carbonyl (C=O) groups excluding carboxylic acids is 1. The predicted octanol–water partition coefficient (Wildman–Crippen LogP) is 3.31. The van der Waals surface area contributed by atoms with Crippen molar-refractivity contribution in [1.82, 2.24) is 10.3 Å². The summed E-state index contributed by atoms with van der Waals surface area (Å²) in [5.41, 5.74) is 2.74. The normalized spacial score (nSPS) is 11.2. The third-order valence-electron chi connectivity index (χ3n) is 3.16. The highest BCUT2D eigenvalue weighted by Gasteiger charge is 2.20. The summed E-state index contributed by atoms with van der Waals surface area (Å²) >= 11 is 0. The van der Waals surface area contributed by atoms with Gasteiger partial charge in [0.15, 0.2) is 0 Å². The van der Waals surface area contributed by atoms with Crippen LogP contribution in [0.25, 0.3) is 0 Å². The fourth-order valence-electron chi connectivity index (χ4n) is 2.12. The summed E-state index contributed by atoms with van der Waals surface area (Å²) in [6.45, 7) is 6.83. The monoisotopic (exact) mass is 268 g/mol. The zero-order valence-electron chi connectivity index (χ0n) is 12.2. The van der Waals surface area contributed by atoms with Crippen LogP contribution in [0.1, 0.15) is 42.3 Å². The van der Waals surface area contributed by atoms with Crippen molar-refractivity contribution in [3.05, 3.63) is 65.5 Å². The minimum absolute atomic E-state index is 0.0422. The van der Waals surface area contributed by atoms with E-state index in [2.05, 4.69) is 31.1 Å². The van der Waals surface area contributed by atoms with E-state index in [9.17, 15) is 4.79 Å². The van der Waals surface area contributed by atoms with E-state index in [0.29, 0.717) is 6.54 Å². The quantitative estimate of drug-likeness (QED) is 0.928. The summed E-state index contributed by atoms with van der Waals surface area (Å²) < 4.78 is 0. The van der Waals surface area contributed by atoms with Crippen molar-refractivity contribution >= 4 is 5.91 Å². The van der Waals surface area contributed by atoms with Gasteiger partial charge in [0.25, 0.3) is 5.91 Å². The molecule has 104 valence electrons. The number of hydrogen-bond donors (Lipinski definition) is 1. The van der Waals surface area contributed by atoms with E-state index in [0.717, 1.165) is 16.7 Å². The Morgan fingerprint density at radius 3 is 2.55 bits per heavy atom.